The molecule has 1 aromatic carbocycles. The van der Waals surface area contributed by atoms with Gasteiger partial charge in [0.15, 0.2) is 5.76 Å². The van der Waals surface area contributed by atoms with Gasteiger partial charge in [0.05, 0.1) is 18.3 Å². The Hall–Kier alpha value is -2.76. The lowest BCUT2D eigenvalue weighted by atomic mass is 9.92. The van der Waals surface area contributed by atoms with Crippen LogP contribution in [0.2, 0.25) is 0 Å². The summed E-state index contributed by atoms with van der Waals surface area (Å²) in [5, 5.41) is 8.60. The van der Waals surface area contributed by atoms with Crippen LogP contribution in [0.25, 0.3) is 11.0 Å². The number of carbonyl (C=O) groups is 1. The highest BCUT2D eigenvalue weighted by atomic mass is 16.5. The zero-order chi connectivity index (χ0) is 20.9. The van der Waals surface area contributed by atoms with Crippen LogP contribution in [0.5, 0.6) is 5.75 Å². The van der Waals surface area contributed by atoms with Crippen LogP contribution in [0.15, 0.2) is 28.7 Å². The molecular weight excluding hydrogens is 354 g/mol. The van der Waals surface area contributed by atoms with Crippen molar-refractivity contribution in [2.24, 2.45) is 0 Å². The third-order valence-corrected chi connectivity index (χ3v) is 4.70. The predicted molar refractivity (Wildman–Crippen MR) is 111 cm³/mol. The quantitative estimate of drug-likeness (QED) is 0.670. The van der Waals surface area contributed by atoms with Crippen LogP contribution < -0.4 is 10.1 Å². The number of nitrogens with zero attached hydrogens (tertiary/aromatic N) is 2. The van der Waals surface area contributed by atoms with Crippen molar-refractivity contribution in [2.45, 2.75) is 59.4 Å². The number of furan rings is 1. The van der Waals surface area contributed by atoms with Crippen LogP contribution in [-0.4, -0.2) is 22.8 Å². The maximum absolute atomic E-state index is 13.0. The molecule has 6 heteroatoms. The third kappa shape index (κ3) is 3.63. The monoisotopic (exact) mass is 383 g/mol. The number of fused-ring (bicyclic) bond motifs is 1. The molecule has 2 aromatic heterocycles. The molecule has 2 heterocycles. The summed E-state index contributed by atoms with van der Waals surface area (Å²) in [5.41, 5.74) is 1.96. The Morgan fingerprint density at radius 1 is 1.14 bits per heavy atom. The van der Waals surface area contributed by atoms with Gasteiger partial charge in [-0.05, 0) is 45.9 Å². The van der Waals surface area contributed by atoms with Gasteiger partial charge in [0.25, 0.3) is 5.91 Å². The van der Waals surface area contributed by atoms with Crippen molar-refractivity contribution < 1.29 is 13.9 Å². The molecule has 0 saturated heterocycles. The first kappa shape index (κ1) is 20.0. The molecule has 150 valence electrons. The Bertz CT molecular complexity index is 1030. The number of amides is 1. The Labute approximate surface area is 165 Å². The van der Waals surface area contributed by atoms with Gasteiger partial charge < -0.3 is 14.5 Å². The van der Waals surface area contributed by atoms with E-state index in [0.29, 0.717) is 17.2 Å². The van der Waals surface area contributed by atoms with E-state index in [2.05, 4.69) is 46.9 Å². The number of hydrogen-bond acceptors (Lipinski definition) is 4. The second-order valence-corrected chi connectivity index (χ2v) is 9.12. The number of rotatable bonds is 3. The second-order valence-electron chi connectivity index (χ2n) is 9.12. The van der Waals surface area contributed by atoms with Crippen LogP contribution in [0.3, 0.4) is 0 Å². The van der Waals surface area contributed by atoms with Gasteiger partial charge >= 0.3 is 0 Å². The largest absolute Gasteiger partial charge is 0.497 e. The van der Waals surface area contributed by atoms with E-state index in [9.17, 15) is 4.79 Å². The van der Waals surface area contributed by atoms with E-state index in [-0.39, 0.29) is 16.9 Å². The summed E-state index contributed by atoms with van der Waals surface area (Å²) in [7, 11) is 1.62. The highest BCUT2D eigenvalue weighted by Gasteiger charge is 2.27. The van der Waals surface area contributed by atoms with Crippen LogP contribution in [0, 0.1) is 6.92 Å². The number of carbonyl (C=O) groups excluding carboxylic acids is 1. The maximum Gasteiger partial charge on any atom is 0.292 e. The smallest absolute Gasteiger partial charge is 0.292 e. The fourth-order valence-corrected chi connectivity index (χ4v) is 3.06. The van der Waals surface area contributed by atoms with E-state index >= 15 is 0 Å². The Morgan fingerprint density at radius 2 is 1.82 bits per heavy atom. The van der Waals surface area contributed by atoms with Gasteiger partial charge in [-0.3, -0.25) is 4.79 Å². The molecule has 28 heavy (non-hydrogen) atoms. The number of ether oxygens (including phenoxy) is 1. The zero-order valence-electron chi connectivity index (χ0n) is 17.9. The lowest BCUT2D eigenvalue weighted by Gasteiger charge is -2.22. The SMILES string of the molecule is COc1ccc2oc(C(=O)Nc3cc(C(C)(C)C)nn3C(C)(C)C)c(C)c2c1. The van der Waals surface area contributed by atoms with Crippen LogP contribution in [0.1, 0.15) is 63.4 Å². The van der Waals surface area contributed by atoms with Crippen molar-refractivity contribution in [2.75, 3.05) is 12.4 Å². The molecule has 0 radical (unpaired) electrons. The van der Waals surface area contributed by atoms with Gasteiger partial charge in [0.1, 0.15) is 17.2 Å². The van der Waals surface area contributed by atoms with E-state index in [4.69, 9.17) is 14.3 Å². The number of anilines is 1. The number of aromatic nitrogens is 2. The minimum absolute atomic E-state index is 0.123. The first-order valence-electron chi connectivity index (χ1n) is 9.41. The third-order valence-electron chi connectivity index (χ3n) is 4.70. The number of aryl methyl sites for hydroxylation is 1. The minimum Gasteiger partial charge on any atom is -0.497 e. The fourth-order valence-electron chi connectivity index (χ4n) is 3.06. The highest BCUT2D eigenvalue weighted by molar-refractivity contribution is 6.06. The van der Waals surface area contributed by atoms with Crippen molar-refractivity contribution in [1.29, 1.82) is 0 Å². The summed E-state index contributed by atoms with van der Waals surface area (Å²) < 4.78 is 13.0. The number of benzene rings is 1. The number of hydrogen-bond donors (Lipinski definition) is 1. The summed E-state index contributed by atoms with van der Waals surface area (Å²) in [6.07, 6.45) is 0. The first-order chi connectivity index (χ1) is 12.9. The van der Waals surface area contributed by atoms with Crippen LogP contribution in [0.4, 0.5) is 5.82 Å². The van der Waals surface area contributed by atoms with Crippen LogP contribution >= 0.6 is 0 Å². The number of nitrogens with one attached hydrogen (secondary N) is 1. The molecule has 0 aliphatic rings. The molecule has 3 aromatic rings. The van der Waals surface area contributed by atoms with Gasteiger partial charge in [-0.1, -0.05) is 20.8 Å². The lowest BCUT2D eigenvalue weighted by molar-refractivity contribution is 0.0996. The normalized spacial score (nSPS) is 12.4. The van der Waals surface area contributed by atoms with Crippen molar-refractivity contribution >= 4 is 22.7 Å². The Balaban J connectivity index is 2.00. The summed E-state index contributed by atoms with van der Waals surface area (Å²) in [4.78, 5) is 13.0. The molecule has 0 atom stereocenters. The molecule has 0 aliphatic heterocycles. The lowest BCUT2D eigenvalue weighted by Crippen LogP contribution is -2.27. The highest BCUT2D eigenvalue weighted by Crippen LogP contribution is 2.31. The van der Waals surface area contributed by atoms with Gasteiger partial charge in [-0.15, -0.1) is 0 Å². The average Bonchev–Trinajstić information content (AvgIpc) is 3.16. The topological polar surface area (TPSA) is 69.3 Å². The van der Waals surface area contributed by atoms with E-state index in [0.717, 1.165) is 22.4 Å². The van der Waals surface area contributed by atoms with E-state index in [1.807, 2.05) is 35.9 Å². The van der Waals surface area contributed by atoms with Crippen LogP contribution in [-0.2, 0) is 11.0 Å². The first-order valence-corrected chi connectivity index (χ1v) is 9.41. The average molecular weight is 383 g/mol. The van der Waals surface area contributed by atoms with Gasteiger partial charge in [0.2, 0.25) is 0 Å². The fraction of sp³-hybridized carbons (Fsp3) is 0.455. The second kappa shape index (κ2) is 6.69. The molecule has 1 amide bonds. The molecule has 0 unspecified atom stereocenters. The minimum atomic E-state index is -0.293. The summed E-state index contributed by atoms with van der Waals surface area (Å²) in [6.45, 7) is 14.4. The Morgan fingerprint density at radius 3 is 2.39 bits per heavy atom. The van der Waals surface area contributed by atoms with E-state index in [1.165, 1.54) is 0 Å². The van der Waals surface area contributed by atoms with Gasteiger partial charge in [-0.25, -0.2) is 4.68 Å². The summed E-state index contributed by atoms with van der Waals surface area (Å²) >= 11 is 0. The van der Waals surface area contributed by atoms with Gasteiger partial charge in [-0.2, -0.15) is 5.10 Å². The molecule has 0 bridgehead atoms. The Kier molecular flexibility index (Phi) is 4.77. The van der Waals surface area contributed by atoms with Crippen molar-refractivity contribution in [3.8, 4) is 5.75 Å². The summed E-state index contributed by atoms with van der Waals surface area (Å²) in [5.74, 6) is 1.38. The molecule has 3 rings (SSSR count). The number of methoxy groups -OCH3 is 1. The molecule has 1 N–H and O–H groups in total. The van der Waals surface area contributed by atoms with Crippen molar-refractivity contribution in [3.05, 3.63) is 41.3 Å². The van der Waals surface area contributed by atoms with Crippen molar-refractivity contribution in [1.82, 2.24) is 9.78 Å². The zero-order valence-corrected chi connectivity index (χ0v) is 17.9. The molecule has 6 nitrogen and oxygen atoms in total. The molecule has 0 fully saturated rings. The van der Waals surface area contributed by atoms with E-state index in [1.54, 1.807) is 7.11 Å². The maximum atomic E-state index is 13.0. The molecular formula is C22H29N3O3. The van der Waals surface area contributed by atoms with E-state index < -0.39 is 0 Å². The molecule has 0 aliphatic carbocycles. The van der Waals surface area contributed by atoms with Gasteiger partial charge in [0, 0.05) is 22.4 Å². The summed E-state index contributed by atoms with van der Waals surface area (Å²) in [6, 6.07) is 7.44. The molecule has 0 saturated carbocycles. The predicted octanol–water partition coefficient (Wildman–Crippen LogP) is 5.25. The standard InChI is InChI=1S/C22H29N3O3/c1-13-15-11-14(27-8)9-10-16(15)28-19(13)20(26)23-18-12-17(21(2,3)4)24-25(18)22(5,6)7/h9-12H,1-8H3,(H,23,26). The van der Waals surface area contributed by atoms with Crippen molar-refractivity contribution in [3.63, 3.8) is 0 Å². The molecule has 0 spiro atoms.